The summed E-state index contributed by atoms with van der Waals surface area (Å²) in [4.78, 5) is 41.9. The zero-order valence-corrected chi connectivity index (χ0v) is 24.9. The Morgan fingerprint density at radius 1 is 1.23 bits per heavy atom. The summed E-state index contributed by atoms with van der Waals surface area (Å²) in [5.41, 5.74) is -2.69. The number of carbonyl (C=O) groups is 1. The summed E-state index contributed by atoms with van der Waals surface area (Å²) in [6.45, 7) is 4.06. The number of ether oxygens (including phenoxy) is 2. The van der Waals surface area contributed by atoms with Crippen LogP contribution in [0.25, 0.3) is 15.2 Å². The molecule has 4 aromatic rings. The second-order valence-corrected chi connectivity index (χ2v) is 12.0. The summed E-state index contributed by atoms with van der Waals surface area (Å²) in [5.74, 6) is -1.64. The van der Waals surface area contributed by atoms with E-state index in [1.807, 2.05) is 0 Å². The molecule has 0 spiro atoms. The maximum absolute atomic E-state index is 14.6. The first-order valence-electron chi connectivity index (χ1n) is 13.8. The number of hydrogen-bond donors (Lipinski definition) is 1. The van der Waals surface area contributed by atoms with E-state index in [4.69, 9.17) is 9.47 Å². The van der Waals surface area contributed by atoms with Crippen molar-refractivity contribution in [3.63, 3.8) is 0 Å². The Labute approximate surface area is 249 Å². The average Bonchev–Trinajstić information content (AvgIpc) is 3.63. The topological polar surface area (TPSA) is 154 Å². The molecule has 1 fully saturated rings. The van der Waals surface area contributed by atoms with Gasteiger partial charge in [0.05, 0.1) is 43.6 Å². The SMILES string of the molecule is COc1ccc(F)cc1C(Cn1c(=O)n(C(C)(C)C(=O)O)c(=O)c2c(C)c(-n3nccn3)sc21)OC1CCC(C#N)CC1. The highest BCUT2D eigenvalue weighted by molar-refractivity contribution is 7.21. The summed E-state index contributed by atoms with van der Waals surface area (Å²) >= 11 is 1.11. The number of aliphatic carboxylic acids is 1. The van der Waals surface area contributed by atoms with E-state index in [0.717, 1.165) is 15.9 Å². The van der Waals surface area contributed by atoms with Crippen molar-refractivity contribution >= 4 is 27.5 Å². The molecule has 0 amide bonds. The molecule has 1 aromatic carbocycles. The largest absolute Gasteiger partial charge is 0.496 e. The van der Waals surface area contributed by atoms with Gasteiger partial charge in [-0.05, 0) is 64.7 Å². The van der Waals surface area contributed by atoms with E-state index in [1.54, 1.807) is 6.92 Å². The van der Waals surface area contributed by atoms with Gasteiger partial charge in [0, 0.05) is 17.0 Å². The van der Waals surface area contributed by atoms with Crippen molar-refractivity contribution in [2.75, 3.05) is 7.11 Å². The van der Waals surface area contributed by atoms with Crippen molar-refractivity contribution in [3.8, 4) is 16.8 Å². The van der Waals surface area contributed by atoms with Crippen molar-refractivity contribution < 1.29 is 23.8 Å². The first-order chi connectivity index (χ1) is 20.5. The van der Waals surface area contributed by atoms with E-state index in [0.29, 0.717) is 47.6 Å². The predicted molar refractivity (Wildman–Crippen MR) is 155 cm³/mol. The highest BCUT2D eigenvalue weighted by atomic mass is 32.1. The van der Waals surface area contributed by atoms with Crippen LogP contribution in [0.1, 0.15) is 56.8 Å². The maximum atomic E-state index is 14.6. The summed E-state index contributed by atoms with van der Waals surface area (Å²) in [7, 11) is 1.44. The van der Waals surface area contributed by atoms with Gasteiger partial charge >= 0.3 is 11.7 Å². The fraction of sp³-hybridized carbons (Fsp3) is 0.448. The Hall–Kier alpha value is -4.35. The third-order valence-corrected chi connectivity index (χ3v) is 9.25. The number of nitriles is 1. The first kappa shape index (κ1) is 30.1. The van der Waals surface area contributed by atoms with Gasteiger partial charge in [-0.2, -0.15) is 15.5 Å². The van der Waals surface area contributed by atoms with E-state index in [9.17, 15) is 29.1 Å². The smallest absolute Gasteiger partial charge is 0.333 e. The number of fused-ring (bicyclic) bond motifs is 1. The summed E-state index contributed by atoms with van der Waals surface area (Å²) < 4.78 is 28.7. The highest BCUT2D eigenvalue weighted by Gasteiger charge is 2.36. The number of carboxylic acid groups (broad SMARTS) is 1. The van der Waals surface area contributed by atoms with Crippen LogP contribution in [-0.2, 0) is 21.6 Å². The third kappa shape index (κ3) is 5.46. The molecule has 14 heteroatoms. The van der Waals surface area contributed by atoms with Gasteiger partial charge in [0.15, 0.2) is 0 Å². The fourth-order valence-electron chi connectivity index (χ4n) is 5.49. The first-order valence-corrected chi connectivity index (χ1v) is 14.6. The molecule has 226 valence electrons. The van der Waals surface area contributed by atoms with Gasteiger partial charge in [0.25, 0.3) is 5.56 Å². The second-order valence-electron chi connectivity index (χ2n) is 11.0. The van der Waals surface area contributed by atoms with E-state index >= 15 is 0 Å². The molecule has 1 aliphatic rings. The van der Waals surface area contributed by atoms with Crippen molar-refractivity contribution in [1.29, 1.82) is 5.26 Å². The monoisotopic (exact) mass is 610 g/mol. The van der Waals surface area contributed by atoms with Crippen molar-refractivity contribution in [1.82, 2.24) is 24.1 Å². The van der Waals surface area contributed by atoms with E-state index in [2.05, 4.69) is 16.3 Å². The van der Waals surface area contributed by atoms with Crippen LogP contribution in [0.2, 0.25) is 0 Å². The quantitative estimate of drug-likeness (QED) is 0.297. The van der Waals surface area contributed by atoms with Gasteiger partial charge in [0.2, 0.25) is 0 Å². The molecule has 43 heavy (non-hydrogen) atoms. The van der Waals surface area contributed by atoms with E-state index in [1.165, 1.54) is 60.9 Å². The van der Waals surface area contributed by atoms with Crippen LogP contribution in [0.4, 0.5) is 4.39 Å². The van der Waals surface area contributed by atoms with Gasteiger partial charge in [-0.1, -0.05) is 11.3 Å². The summed E-state index contributed by atoms with van der Waals surface area (Å²) in [6.07, 6.45) is 4.20. The summed E-state index contributed by atoms with van der Waals surface area (Å²) in [5, 5.41) is 28.3. The molecule has 3 aromatic heterocycles. The number of methoxy groups -OCH3 is 1. The number of benzene rings is 1. The lowest BCUT2D eigenvalue weighted by Gasteiger charge is -2.31. The van der Waals surface area contributed by atoms with Crippen LogP contribution in [0.15, 0.2) is 40.2 Å². The van der Waals surface area contributed by atoms with Crippen LogP contribution in [-0.4, -0.2) is 48.4 Å². The summed E-state index contributed by atoms with van der Waals surface area (Å²) in [6, 6.07) is 6.30. The van der Waals surface area contributed by atoms with Crippen molar-refractivity contribution in [2.24, 2.45) is 5.92 Å². The van der Waals surface area contributed by atoms with Crippen LogP contribution in [0.3, 0.4) is 0 Å². The van der Waals surface area contributed by atoms with Gasteiger partial charge < -0.3 is 14.6 Å². The molecule has 0 saturated heterocycles. The van der Waals surface area contributed by atoms with E-state index < -0.39 is 34.7 Å². The molecule has 1 N–H and O–H groups in total. The highest BCUT2D eigenvalue weighted by Crippen LogP contribution is 2.37. The molecule has 1 aliphatic carbocycles. The van der Waals surface area contributed by atoms with Gasteiger partial charge in [0.1, 0.15) is 33.0 Å². The minimum atomic E-state index is -1.90. The lowest BCUT2D eigenvalue weighted by Crippen LogP contribution is -2.52. The molecular weight excluding hydrogens is 579 g/mol. The molecule has 0 aliphatic heterocycles. The number of thiophene rings is 1. The minimum Gasteiger partial charge on any atom is -0.496 e. The molecule has 3 heterocycles. The van der Waals surface area contributed by atoms with Crippen LogP contribution in [0, 0.1) is 30.0 Å². The van der Waals surface area contributed by atoms with Gasteiger partial charge in [-0.3, -0.25) is 9.36 Å². The number of carboxylic acids is 1. The molecule has 12 nitrogen and oxygen atoms in total. The Morgan fingerprint density at radius 2 is 1.91 bits per heavy atom. The van der Waals surface area contributed by atoms with Crippen LogP contribution >= 0.6 is 11.3 Å². The lowest BCUT2D eigenvalue weighted by atomic mass is 9.88. The number of nitrogens with zero attached hydrogens (tertiary/aromatic N) is 6. The van der Waals surface area contributed by atoms with Crippen LogP contribution in [0.5, 0.6) is 5.75 Å². The number of hydrogen-bond acceptors (Lipinski definition) is 9. The molecule has 0 radical (unpaired) electrons. The number of halogens is 1. The predicted octanol–water partition coefficient (Wildman–Crippen LogP) is 3.92. The minimum absolute atomic E-state index is 0.0746. The molecule has 1 atom stereocenters. The maximum Gasteiger partial charge on any atom is 0.333 e. The number of aromatic nitrogens is 5. The number of aryl methyl sites for hydroxylation is 1. The Bertz CT molecular complexity index is 1830. The van der Waals surface area contributed by atoms with Crippen LogP contribution < -0.4 is 16.0 Å². The Morgan fingerprint density at radius 3 is 2.51 bits per heavy atom. The zero-order chi connectivity index (χ0) is 31.1. The fourth-order valence-corrected chi connectivity index (χ4v) is 6.71. The van der Waals surface area contributed by atoms with Crippen molar-refractivity contribution in [3.05, 3.63) is 68.4 Å². The van der Waals surface area contributed by atoms with Gasteiger partial charge in [-0.25, -0.2) is 18.5 Å². The van der Waals surface area contributed by atoms with Gasteiger partial charge in [-0.15, -0.1) is 4.80 Å². The average molecular weight is 611 g/mol. The molecule has 1 unspecified atom stereocenters. The van der Waals surface area contributed by atoms with E-state index in [-0.39, 0.29) is 28.8 Å². The molecule has 5 rings (SSSR count). The standard InChI is InChI=1S/C29H31FN6O6S/c1-16-23-24(37)35(29(2,3)27(38)39)28(40)34(26(23)43-25(16)36-32-11-12-33-36)15-22(20-13-18(30)7-10-21(20)41-4)42-19-8-5-17(14-31)6-9-19/h7,10-13,17,19,22H,5-6,8-9,15H2,1-4H3,(H,38,39). The molecule has 0 bridgehead atoms. The normalized spacial score (nSPS) is 18.0. The second kappa shape index (κ2) is 11.7. The molecular formula is C29H31FN6O6S. The zero-order valence-electron chi connectivity index (χ0n) is 24.1. The molecule has 1 saturated carbocycles. The third-order valence-electron chi connectivity index (χ3n) is 7.97. The number of rotatable bonds is 9. The Kier molecular flexibility index (Phi) is 8.22. The van der Waals surface area contributed by atoms with Crippen molar-refractivity contribution in [2.45, 2.75) is 70.7 Å². The lowest BCUT2D eigenvalue weighted by molar-refractivity contribution is -0.146. The Balaban J connectivity index is 1.74.